The van der Waals surface area contributed by atoms with Crippen molar-refractivity contribution in [2.45, 2.75) is 17.5 Å². The van der Waals surface area contributed by atoms with E-state index < -0.39 is 0 Å². The van der Waals surface area contributed by atoms with Crippen LogP contribution in [0, 0.1) is 0 Å². The summed E-state index contributed by atoms with van der Waals surface area (Å²) in [5.41, 5.74) is 5.33. The summed E-state index contributed by atoms with van der Waals surface area (Å²) >= 11 is 7.90. The minimum absolute atomic E-state index is 0.00804. The molecular weight excluding hydrogens is 372 g/mol. The topological polar surface area (TPSA) is 61.2 Å². The molecule has 0 fully saturated rings. The van der Waals surface area contributed by atoms with Gasteiger partial charge in [-0.1, -0.05) is 41.6 Å². The van der Waals surface area contributed by atoms with Crippen LogP contribution in [0.5, 0.6) is 11.5 Å². The number of ether oxygens (including phenoxy) is 2. The predicted molar refractivity (Wildman–Crippen MR) is 103 cm³/mol. The van der Waals surface area contributed by atoms with E-state index in [1.165, 1.54) is 0 Å². The zero-order valence-electron chi connectivity index (χ0n) is 14.3. The fraction of sp³-hybridized carbons (Fsp3) is 0.222. The van der Waals surface area contributed by atoms with E-state index >= 15 is 0 Å². The molecule has 8 heteroatoms. The van der Waals surface area contributed by atoms with E-state index in [0.717, 1.165) is 22.0 Å². The number of nitrogens with one attached hydrogen (secondary N) is 1. The molecule has 2 aromatic carbocycles. The Balaban J connectivity index is 1.63. The molecule has 0 radical (unpaired) electrons. The Morgan fingerprint density at radius 3 is 2.81 bits per heavy atom. The summed E-state index contributed by atoms with van der Waals surface area (Å²) in [5.74, 6) is 2.14. The highest BCUT2D eigenvalue weighted by atomic mass is 35.5. The van der Waals surface area contributed by atoms with Gasteiger partial charge in [0.1, 0.15) is 5.37 Å². The molecule has 1 aliphatic rings. The smallest absolute Gasteiger partial charge is 0.212 e. The minimum atomic E-state index is -0.00804. The first-order valence-corrected chi connectivity index (χ1v) is 9.41. The van der Waals surface area contributed by atoms with Gasteiger partial charge in [0.2, 0.25) is 5.16 Å². The highest BCUT2D eigenvalue weighted by molar-refractivity contribution is 7.99. The first kappa shape index (κ1) is 17.1. The summed E-state index contributed by atoms with van der Waals surface area (Å²) in [6, 6.07) is 13.5. The zero-order chi connectivity index (χ0) is 18.1. The van der Waals surface area contributed by atoms with Gasteiger partial charge in [0.05, 0.1) is 18.7 Å². The summed E-state index contributed by atoms with van der Waals surface area (Å²) in [4.78, 5) is 0. The molecule has 0 amide bonds. The molecule has 6 nitrogen and oxygen atoms in total. The van der Waals surface area contributed by atoms with E-state index in [1.54, 1.807) is 18.9 Å². The van der Waals surface area contributed by atoms with Gasteiger partial charge in [-0.05, 0) is 36.8 Å². The van der Waals surface area contributed by atoms with Crippen LogP contribution in [0.1, 0.15) is 17.9 Å². The Kier molecular flexibility index (Phi) is 4.65. The van der Waals surface area contributed by atoms with Crippen LogP contribution in [0.25, 0.3) is 11.4 Å². The van der Waals surface area contributed by atoms with Gasteiger partial charge in [-0.25, -0.2) is 4.68 Å². The van der Waals surface area contributed by atoms with Crippen molar-refractivity contribution in [1.29, 1.82) is 0 Å². The molecule has 1 aliphatic heterocycles. The number of thioether (sulfide) groups is 1. The molecule has 0 spiro atoms. The third-order valence-electron chi connectivity index (χ3n) is 4.01. The number of halogens is 1. The van der Waals surface area contributed by atoms with Crippen LogP contribution in [0.4, 0.5) is 0 Å². The fourth-order valence-corrected chi connectivity index (χ4v) is 4.00. The molecule has 0 saturated carbocycles. The number of benzene rings is 2. The van der Waals surface area contributed by atoms with Gasteiger partial charge in [-0.3, -0.25) is 0 Å². The number of methoxy groups -OCH3 is 1. The van der Waals surface area contributed by atoms with Crippen molar-refractivity contribution in [3.8, 4) is 22.9 Å². The summed E-state index contributed by atoms with van der Waals surface area (Å²) in [6.45, 7) is 2.54. The van der Waals surface area contributed by atoms with Crippen molar-refractivity contribution in [3.05, 3.63) is 53.1 Å². The van der Waals surface area contributed by atoms with Crippen molar-refractivity contribution in [2.24, 2.45) is 0 Å². The number of aromatic nitrogens is 3. The lowest BCUT2D eigenvalue weighted by Crippen LogP contribution is -2.14. The Hall–Kier alpha value is -2.38. The molecule has 3 aromatic rings. The van der Waals surface area contributed by atoms with E-state index in [9.17, 15) is 0 Å². The maximum Gasteiger partial charge on any atom is 0.212 e. The molecule has 26 heavy (non-hydrogen) atoms. The summed E-state index contributed by atoms with van der Waals surface area (Å²) in [7, 11) is 1.64. The molecule has 0 saturated heterocycles. The normalized spacial score (nSPS) is 15.4. The van der Waals surface area contributed by atoms with E-state index in [0.29, 0.717) is 23.2 Å². The summed E-state index contributed by atoms with van der Waals surface area (Å²) < 4.78 is 12.9. The Morgan fingerprint density at radius 2 is 2.04 bits per heavy atom. The number of rotatable bonds is 5. The van der Waals surface area contributed by atoms with Gasteiger partial charge >= 0.3 is 0 Å². The molecule has 0 bridgehead atoms. The number of hydrogen-bond donors (Lipinski definition) is 1. The van der Waals surface area contributed by atoms with Crippen LogP contribution in [-0.4, -0.2) is 28.6 Å². The second-order valence-corrected chi connectivity index (χ2v) is 7.07. The van der Waals surface area contributed by atoms with E-state index in [2.05, 4.69) is 15.6 Å². The van der Waals surface area contributed by atoms with Crippen molar-refractivity contribution < 1.29 is 9.47 Å². The molecule has 1 N–H and O–H groups in total. The Labute approximate surface area is 160 Å². The van der Waals surface area contributed by atoms with Gasteiger partial charge in [-0.2, -0.15) is 0 Å². The minimum Gasteiger partial charge on any atom is -0.493 e. The van der Waals surface area contributed by atoms with Crippen molar-refractivity contribution in [3.63, 3.8) is 0 Å². The molecule has 1 unspecified atom stereocenters. The first-order valence-electron chi connectivity index (χ1n) is 8.15. The van der Waals surface area contributed by atoms with E-state index in [-0.39, 0.29) is 5.37 Å². The molecular formula is C18H17ClN4O2S. The fourth-order valence-electron chi connectivity index (χ4n) is 2.79. The second-order valence-electron chi connectivity index (χ2n) is 5.59. The van der Waals surface area contributed by atoms with Gasteiger partial charge in [0.15, 0.2) is 17.3 Å². The van der Waals surface area contributed by atoms with Gasteiger partial charge in [-0.15, -0.1) is 10.2 Å². The van der Waals surface area contributed by atoms with E-state index in [4.69, 9.17) is 21.1 Å². The number of fused-ring (bicyclic) bond motifs is 1. The van der Waals surface area contributed by atoms with Gasteiger partial charge in [0.25, 0.3) is 0 Å². The molecule has 1 atom stereocenters. The molecule has 134 valence electrons. The van der Waals surface area contributed by atoms with Crippen LogP contribution in [0.15, 0.2) is 47.6 Å². The monoisotopic (exact) mass is 388 g/mol. The standard InChI is InChI=1S/C18H17ClN4O2S/c1-3-25-14-9-8-11(10-15(14)24-2)17-22-23-16(20-21-18(23)26-17)12-6-4-5-7-13(12)19/h4-10,17,22H,3H2,1-2H3. The highest BCUT2D eigenvalue weighted by Gasteiger charge is 2.29. The van der Waals surface area contributed by atoms with Crippen molar-refractivity contribution >= 4 is 23.4 Å². The van der Waals surface area contributed by atoms with Crippen molar-refractivity contribution in [2.75, 3.05) is 19.1 Å². The van der Waals surface area contributed by atoms with Crippen LogP contribution in [0.2, 0.25) is 5.02 Å². The average molecular weight is 389 g/mol. The lowest BCUT2D eigenvalue weighted by molar-refractivity contribution is 0.310. The van der Waals surface area contributed by atoms with Crippen LogP contribution >= 0.6 is 23.4 Å². The van der Waals surface area contributed by atoms with E-state index in [1.807, 2.05) is 54.1 Å². The second kappa shape index (κ2) is 7.09. The molecule has 2 heterocycles. The predicted octanol–water partition coefficient (Wildman–Crippen LogP) is 4.35. The largest absolute Gasteiger partial charge is 0.493 e. The average Bonchev–Trinajstić information content (AvgIpc) is 3.24. The maximum absolute atomic E-state index is 6.31. The third-order valence-corrected chi connectivity index (χ3v) is 5.43. The summed E-state index contributed by atoms with van der Waals surface area (Å²) in [5, 5.41) is 9.97. The Morgan fingerprint density at radius 1 is 1.19 bits per heavy atom. The highest BCUT2D eigenvalue weighted by Crippen LogP contribution is 2.42. The third kappa shape index (κ3) is 2.97. The number of hydrogen-bond acceptors (Lipinski definition) is 6. The quantitative estimate of drug-likeness (QED) is 0.701. The van der Waals surface area contributed by atoms with Crippen LogP contribution < -0.4 is 14.9 Å². The Bertz CT molecular complexity index is 947. The first-order chi connectivity index (χ1) is 12.7. The van der Waals surface area contributed by atoms with Crippen molar-refractivity contribution in [1.82, 2.24) is 14.9 Å². The van der Waals surface area contributed by atoms with Gasteiger partial charge < -0.3 is 14.9 Å². The van der Waals surface area contributed by atoms with Gasteiger partial charge in [0, 0.05) is 5.56 Å². The molecule has 0 aliphatic carbocycles. The lowest BCUT2D eigenvalue weighted by Gasteiger charge is -2.15. The zero-order valence-corrected chi connectivity index (χ0v) is 15.8. The summed E-state index contributed by atoms with van der Waals surface area (Å²) in [6.07, 6.45) is 0. The molecule has 1 aromatic heterocycles. The SMILES string of the molecule is CCOc1ccc(C2Nn3c(nnc3-c3ccccc3Cl)S2)cc1OC. The number of nitrogens with zero attached hydrogens (tertiary/aromatic N) is 3. The molecule has 4 rings (SSSR count). The lowest BCUT2D eigenvalue weighted by atomic mass is 10.2. The van der Waals surface area contributed by atoms with Crippen LogP contribution in [0.3, 0.4) is 0 Å². The maximum atomic E-state index is 6.31. The van der Waals surface area contributed by atoms with Crippen LogP contribution in [-0.2, 0) is 0 Å².